The Kier molecular flexibility index (Phi) is 7.48. The average Bonchev–Trinajstić information content (AvgIpc) is 4.10. The quantitative estimate of drug-likeness (QED) is 0.173. The number of aromatic nitrogens is 2. The highest BCUT2D eigenvalue weighted by Gasteiger charge is 2.20. The molecule has 14 rings (SSSR count). The maximum atomic E-state index is 6.49. The van der Waals surface area contributed by atoms with Crippen molar-refractivity contribution in [2.75, 3.05) is 0 Å². The number of rotatable bonds is 5. The molecule has 0 bridgehead atoms. The van der Waals surface area contributed by atoms with Crippen molar-refractivity contribution in [3.8, 4) is 44.8 Å². The first-order valence-corrected chi connectivity index (χ1v) is 22.1. The summed E-state index contributed by atoms with van der Waals surface area (Å²) in [6.45, 7) is 0. The monoisotopic (exact) mass is 818 g/mol. The molecule has 1 aliphatic rings. The summed E-state index contributed by atoms with van der Waals surface area (Å²) in [4.78, 5) is 0. The molecule has 0 unspecified atom stereocenters. The Labute approximate surface area is 368 Å². The number of benzene rings is 9. The van der Waals surface area contributed by atoms with Gasteiger partial charge in [-0.3, -0.25) is 0 Å². The third-order valence-electron chi connectivity index (χ3n) is 13.6. The van der Waals surface area contributed by atoms with Crippen LogP contribution in [0.1, 0.15) is 17.7 Å². The molecule has 9 aromatic carbocycles. The van der Waals surface area contributed by atoms with Crippen LogP contribution in [-0.2, 0) is 6.42 Å². The summed E-state index contributed by atoms with van der Waals surface area (Å²) in [5.41, 5.74) is 19.1. The molecule has 0 N–H and O–H groups in total. The van der Waals surface area contributed by atoms with Gasteiger partial charge in [0, 0.05) is 66.4 Å². The molecule has 0 aliphatic heterocycles. The van der Waals surface area contributed by atoms with Crippen LogP contribution >= 0.6 is 0 Å². The smallest absolute Gasteiger partial charge is 0.139 e. The van der Waals surface area contributed by atoms with Crippen LogP contribution in [0.2, 0.25) is 0 Å². The van der Waals surface area contributed by atoms with Crippen molar-refractivity contribution in [3.63, 3.8) is 0 Å². The highest BCUT2D eigenvalue weighted by molar-refractivity contribution is 6.16. The average molecular weight is 819 g/mol. The fourth-order valence-electron chi connectivity index (χ4n) is 10.6. The van der Waals surface area contributed by atoms with E-state index < -0.39 is 0 Å². The summed E-state index contributed by atoms with van der Waals surface area (Å²) >= 11 is 0. The van der Waals surface area contributed by atoms with E-state index in [2.05, 4.69) is 215 Å². The third-order valence-corrected chi connectivity index (χ3v) is 13.6. The van der Waals surface area contributed by atoms with Gasteiger partial charge in [0.15, 0.2) is 0 Å². The van der Waals surface area contributed by atoms with Gasteiger partial charge < -0.3 is 18.0 Å². The van der Waals surface area contributed by atoms with E-state index in [-0.39, 0.29) is 0 Å². The number of nitrogens with zero attached hydrogens (tertiary/aromatic N) is 2. The lowest BCUT2D eigenvalue weighted by Gasteiger charge is -2.13. The minimum absolute atomic E-state index is 0.820. The van der Waals surface area contributed by atoms with Gasteiger partial charge in [-0.1, -0.05) is 109 Å². The Morgan fingerprint density at radius 1 is 0.328 bits per heavy atom. The van der Waals surface area contributed by atoms with E-state index in [0.717, 1.165) is 73.5 Å². The van der Waals surface area contributed by atoms with E-state index in [9.17, 15) is 0 Å². The molecule has 0 amide bonds. The van der Waals surface area contributed by atoms with E-state index in [1.807, 2.05) is 0 Å². The topological polar surface area (TPSA) is 36.1 Å². The zero-order valence-electron chi connectivity index (χ0n) is 34.8. The maximum Gasteiger partial charge on any atom is 0.139 e. The predicted octanol–water partition coefficient (Wildman–Crippen LogP) is 16.5. The first kappa shape index (κ1) is 35.3. The number of hydrogen-bond acceptors (Lipinski definition) is 2. The van der Waals surface area contributed by atoms with Crippen LogP contribution < -0.4 is 0 Å². The molecule has 0 saturated heterocycles. The number of allylic oxidation sites excluding steroid dienone is 1. The second-order valence-electron chi connectivity index (χ2n) is 17.2. The summed E-state index contributed by atoms with van der Waals surface area (Å²) < 4.78 is 17.8. The Morgan fingerprint density at radius 2 is 0.828 bits per heavy atom. The largest absolute Gasteiger partial charge is 0.456 e. The number of hydrogen-bond donors (Lipinski definition) is 0. The molecule has 300 valence electrons. The molecule has 13 aromatic rings. The Bertz CT molecular complexity index is 4060. The van der Waals surface area contributed by atoms with Crippen LogP contribution in [0, 0.1) is 0 Å². The third kappa shape index (κ3) is 5.29. The van der Waals surface area contributed by atoms with E-state index >= 15 is 0 Å². The fraction of sp³-hybridized carbons (Fsp3) is 0.0333. The van der Waals surface area contributed by atoms with Gasteiger partial charge in [-0.25, -0.2) is 0 Å². The Hall–Kier alpha value is -8.34. The van der Waals surface area contributed by atoms with Crippen molar-refractivity contribution in [1.82, 2.24) is 9.13 Å². The van der Waals surface area contributed by atoms with Crippen molar-refractivity contribution >= 4 is 82.7 Å². The summed E-state index contributed by atoms with van der Waals surface area (Å²) in [7, 11) is 0. The second-order valence-corrected chi connectivity index (χ2v) is 17.2. The van der Waals surface area contributed by atoms with Crippen molar-refractivity contribution in [2.45, 2.75) is 12.8 Å². The van der Waals surface area contributed by atoms with Gasteiger partial charge in [0.05, 0.1) is 16.6 Å². The molecule has 4 aromatic heterocycles. The summed E-state index contributed by atoms with van der Waals surface area (Å²) in [5.74, 6) is 0. The van der Waals surface area contributed by atoms with Gasteiger partial charge in [-0.05, 0) is 137 Å². The SMILES string of the molecule is C1=Cc2c(n(-c3ccccc3)c3ccc(-c4cccc(-c5ccc6oc7cc8oc9ccc(-c%10ccc%11c(c%10)c%10ccccc%10n%11-c%10ccccc%10)cc9c8cc7c6c5)c4)cc23)CC1. The fourth-order valence-corrected chi connectivity index (χ4v) is 10.6. The molecule has 1 aliphatic carbocycles. The number of fused-ring (bicyclic) bond motifs is 12. The van der Waals surface area contributed by atoms with Crippen LogP contribution in [0.5, 0.6) is 0 Å². The van der Waals surface area contributed by atoms with Gasteiger partial charge in [0.1, 0.15) is 22.3 Å². The molecule has 0 fully saturated rings. The van der Waals surface area contributed by atoms with Gasteiger partial charge in [0.2, 0.25) is 0 Å². The molecule has 0 atom stereocenters. The minimum atomic E-state index is 0.820. The number of para-hydroxylation sites is 3. The Morgan fingerprint density at radius 3 is 1.48 bits per heavy atom. The first-order chi connectivity index (χ1) is 31.7. The molecular weight excluding hydrogens is 781 g/mol. The zero-order chi connectivity index (χ0) is 41.9. The van der Waals surface area contributed by atoms with E-state index in [4.69, 9.17) is 8.83 Å². The van der Waals surface area contributed by atoms with Crippen molar-refractivity contribution in [3.05, 3.63) is 211 Å². The van der Waals surface area contributed by atoms with Crippen LogP contribution in [0.25, 0.3) is 127 Å². The highest BCUT2D eigenvalue weighted by Crippen LogP contribution is 2.42. The maximum absolute atomic E-state index is 6.49. The van der Waals surface area contributed by atoms with Crippen molar-refractivity contribution in [1.29, 1.82) is 0 Å². The lowest BCUT2D eigenvalue weighted by atomic mass is 9.96. The lowest BCUT2D eigenvalue weighted by molar-refractivity contribution is 0.656. The summed E-state index contributed by atoms with van der Waals surface area (Å²) in [5, 5.41) is 8.11. The van der Waals surface area contributed by atoms with E-state index in [1.165, 1.54) is 71.9 Å². The van der Waals surface area contributed by atoms with E-state index in [1.54, 1.807) is 0 Å². The van der Waals surface area contributed by atoms with Gasteiger partial charge in [-0.15, -0.1) is 0 Å². The van der Waals surface area contributed by atoms with Crippen LogP contribution in [0.3, 0.4) is 0 Å². The van der Waals surface area contributed by atoms with Gasteiger partial charge >= 0.3 is 0 Å². The molecule has 0 saturated carbocycles. The molecule has 0 spiro atoms. The number of furan rings is 2. The summed E-state index contributed by atoms with van der Waals surface area (Å²) in [6, 6.07) is 70.2. The second kappa shape index (κ2) is 13.6. The van der Waals surface area contributed by atoms with Crippen molar-refractivity contribution in [2.24, 2.45) is 0 Å². The van der Waals surface area contributed by atoms with Crippen molar-refractivity contribution < 1.29 is 8.83 Å². The molecule has 4 heterocycles. The molecule has 64 heavy (non-hydrogen) atoms. The minimum Gasteiger partial charge on any atom is -0.456 e. The molecule has 4 nitrogen and oxygen atoms in total. The molecule has 4 heteroatoms. The normalized spacial score (nSPS) is 12.8. The predicted molar refractivity (Wildman–Crippen MR) is 266 cm³/mol. The van der Waals surface area contributed by atoms with Crippen LogP contribution in [-0.4, -0.2) is 9.13 Å². The molecular formula is C60H38N2O2. The lowest BCUT2D eigenvalue weighted by Crippen LogP contribution is -2.02. The van der Waals surface area contributed by atoms with Gasteiger partial charge in [-0.2, -0.15) is 0 Å². The summed E-state index contributed by atoms with van der Waals surface area (Å²) in [6.07, 6.45) is 6.73. The molecule has 0 radical (unpaired) electrons. The Balaban J connectivity index is 0.851. The van der Waals surface area contributed by atoms with Gasteiger partial charge in [0.25, 0.3) is 0 Å². The van der Waals surface area contributed by atoms with E-state index in [0.29, 0.717) is 0 Å². The standard InChI is InChI=1S/C60H38N2O2/c1-3-14-43(15-4-1)61-53-20-9-7-18-45(53)47-31-39(22-26-55(47)61)37-12-11-13-38(30-37)41-24-28-57-49(33-41)51-35-52-50-34-42(25-29-58(50)64-60(52)36-59(51)63-57)40-23-27-56-48(32-40)46-19-8-10-21-54(46)62(56)44-16-5-2-6-17-44/h1-8,10-19,21-36H,9,20H2. The zero-order valence-corrected chi connectivity index (χ0v) is 34.8. The van der Waals surface area contributed by atoms with Crippen LogP contribution in [0.15, 0.2) is 209 Å². The highest BCUT2D eigenvalue weighted by atomic mass is 16.3. The van der Waals surface area contributed by atoms with Crippen LogP contribution in [0.4, 0.5) is 0 Å². The first-order valence-electron chi connectivity index (χ1n) is 22.1.